The highest BCUT2D eigenvalue weighted by Gasteiger charge is 2.17. The number of hydrogen-bond donors (Lipinski definition) is 2. The van der Waals surface area contributed by atoms with Crippen molar-refractivity contribution in [2.24, 2.45) is 5.73 Å². The standard InChI is InChI=1S/C9H10ClF2NO.ClH/c10-9-6(12)2-1-5(11)8(9)7(13)3-4-14;/h1-2,7,14H,3-4,13H2;1H/t7-;/m0./s1. The first-order chi connectivity index (χ1) is 6.57. The molecule has 1 atom stereocenters. The van der Waals surface area contributed by atoms with Crippen molar-refractivity contribution in [2.45, 2.75) is 12.5 Å². The van der Waals surface area contributed by atoms with E-state index in [0.717, 1.165) is 12.1 Å². The SMILES string of the molecule is Cl.N[C@@H](CCO)c1c(F)ccc(F)c1Cl. The average molecular weight is 258 g/mol. The Morgan fingerprint density at radius 2 is 1.87 bits per heavy atom. The van der Waals surface area contributed by atoms with Crippen LogP contribution in [-0.2, 0) is 0 Å². The Morgan fingerprint density at radius 3 is 2.40 bits per heavy atom. The first-order valence-corrected chi connectivity index (χ1v) is 4.45. The predicted molar refractivity (Wildman–Crippen MR) is 57.2 cm³/mol. The van der Waals surface area contributed by atoms with E-state index in [-0.39, 0.29) is 36.0 Å². The Hall–Kier alpha value is -0.420. The van der Waals surface area contributed by atoms with Gasteiger partial charge in [0.15, 0.2) is 0 Å². The van der Waals surface area contributed by atoms with Gasteiger partial charge >= 0.3 is 0 Å². The molecule has 0 heterocycles. The minimum absolute atomic E-state index is 0. The van der Waals surface area contributed by atoms with Crippen LogP contribution >= 0.6 is 24.0 Å². The lowest BCUT2D eigenvalue weighted by Crippen LogP contribution is -2.14. The highest BCUT2D eigenvalue weighted by atomic mass is 35.5. The van der Waals surface area contributed by atoms with E-state index in [1.54, 1.807) is 0 Å². The van der Waals surface area contributed by atoms with E-state index in [2.05, 4.69) is 0 Å². The molecule has 0 aliphatic rings. The zero-order valence-electron chi connectivity index (χ0n) is 7.71. The topological polar surface area (TPSA) is 46.2 Å². The molecule has 0 radical (unpaired) electrons. The molecule has 1 aromatic carbocycles. The van der Waals surface area contributed by atoms with Gasteiger partial charge in [0.25, 0.3) is 0 Å². The van der Waals surface area contributed by atoms with E-state index in [9.17, 15) is 8.78 Å². The van der Waals surface area contributed by atoms with Gasteiger partial charge in [-0.25, -0.2) is 8.78 Å². The molecule has 0 bridgehead atoms. The van der Waals surface area contributed by atoms with E-state index < -0.39 is 17.7 Å². The van der Waals surface area contributed by atoms with Gasteiger partial charge in [-0.05, 0) is 18.6 Å². The van der Waals surface area contributed by atoms with Gasteiger partial charge in [-0.3, -0.25) is 0 Å². The molecule has 1 rings (SSSR count). The molecule has 0 saturated carbocycles. The summed E-state index contributed by atoms with van der Waals surface area (Å²) in [6.45, 7) is -0.201. The van der Waals surface area contributed by atoms with Crippen LogP contribution in [0.15, 0.2) is 12.1 Å². The Bertz CT molecular complexity index is 336. The van der Waals surface area contributed by atoms with Gasteiger partial charge in [0, 0.05) is 18.2 Å². The van der Waals surface area contributed by atoms with Crippen molar-refractivity contribution in [2.75, 3.05) is 6.61 Å². The molecule has 0 saturated heterocycles. The highest BCUT2D eigenvalue weighted by molar-refractivity contribution is 6.31. The maximum absolute atomic E-state index is 13.2. The Kier molecular flexibility index (Phi) is 6.05. The van der Waals surface area contributed by atoms with Gasteiger partial charge in [0.1, 0.15) is 11.6 Å². The summed E-state index contributed by atoms with van der Waals surface area (Å²) in [6, 6.07) is 1.11. The number of aliphatic hydroxyl groups is 1. The number of aliphatic hydroxyl groups excluding tert-OH is 1. The molecule has 15 heavy (non-hydrogen) atoms. The summed E-state index contributed by atoms with van der Waals surface area (Å²) in [5, 5.41) is 8.30. The van der Waals surface area contributed by atoms with Crippen molar-refractivity contribution in [1.29, 1.82) is 0 Å². The number of nitrogens with two attached hydrogens (primary N) is 1. The van der Waals surface area contributed by atoms with Crippen LogP contribution in [0.2, 0.25) is 5.02 Å². The quantitative estimate of drug-likeness (QED) is 0.818. The van der Waals surface area contributed by atoms with Crippen LogP contribution in [0.1, 0.15) is 18.0 Å². The molecule has 1 aromatic rings. The van der Waals surface area contributed by atoms with Crippen molar-refractivity contribution >= 4 is 24.0 Å². The molecule has 0 fully saturated rings. The molecule has 2 nitrogen and oxygen atoms in total. The molecule has 0 aromatic heterocycles. The van der Waals surface area contributed by atoms with Crippen LogP contribution in [0, 0.1) is 11.6 Å². The van der Waals surface area contributed by atoms with Crippen LogP contribution in [0.5, 0.6) is 0 Å². The lowest BCUT2D eigenvalue weighted by atomic mass is 10.0. The third-order valence-corrected chi connectivity index (χ3v) is 2.27. The summed E-state index contributed by atoms with van der Waals surface area (Å²) in [5.74, 6) is -1.37. The molecule has 0 spiro atoms. The third kappa shape index (κ3) is 3.28. The van der Waals surface area contributed by atoms with Crippen molar-refractivity contribution in [3.8, 4) is 0 Å². The Morgan fingerprint density at radius 1 is 1.33 bits per heavy atom. The number of halogens is 4. The van der Waals surface area contributed by atoms with Gasteiger partial charge in [-0.1, -0.05) is 11.6 Å². The maximum Gasteiger partial charge on any atom is 0.142 e. The maximum atomic E-state index is 13.2. The van der Waals surface area contributed by atoms with Crippen LogP contribution in [0.25, 0.3) is 0 Å². The summed E-state index contributed by atoms with van der Waals surface area (Å²) in [5.41, 5.74) is 5.44. The van der Waals surface area contributed by atoms with E-state index in [0.29, 0.717) is 0 Å². The Balaban J connectivity index is 0.00000196. The van der Waals surface area contributed by atoms with E-state index >= 15 is 0 Å². The second-order valence-electron chi connectivity index (χ2n) is 2.88. The summed E-state index contributed by atoms with van der Waals surface area (Å²) in [6.07, 6.45) is 0.139. The summed E-state index contributed by atoms with van der Waals surface area (Å²) < 4.78 is 26.1. The third-order valence-electron chi connectivity index (χ3n) is 1.89. The van der Waals surface area contributed by atoms with Gasteiger partial charge in [0.2, 0.25) is 0 Å². The van der Waals surface area contributed by atoms with Crippen LogP contribution < -0.4 is 5.73 Å². The highest BCUT2D eigenvalue weighted by Crippen LogP contribution is 2.28. The molecular formula is C9H11Cl2F2NO. The number of benzene rings is 1. The molecule has 0 amide bonds. The largest absolute Gasteiger partial charge is 0.396 e. The van der Waals surface area contributed by atoms with E-state index in [1.165, 1.54) is 0 Å². The van der Waals surface area contributed by atoms with Crippen molar-refractivity contribution < 1.29 is 13.9 Å². The number of hydrogen-bond acceptors (Lipinski definition) is 2. The van der Waals surface area contributed by atoms with E-state index in [4.69, 9.17) is 22.4 Å². The fraction of sp³-hybridized carbons (Fsp3) is 0.333. The predicted octanol–water partition coefficient (Wildman–Crippen LogP) is 2.42. The molecule has 6 heteroatoms. The molecule has 86 valence electrons. The first kappa shape index (κ1) is 14.6. The minimum atomic E-state index is -0.789. The number of rotatable bonds is 3. The van der Waals surface area contributed by atoms with Crippen molar-refractivity contribution in [1.82, 2.24) is 0 Å². The van der Waals surface area contributed by atoms with Gasteiger partial charge in [-0.2, -0.15) is 0 Å². The normalized spacial score (nSPS) is 12.1. The molecule has 3 N–H and O–H groups in total. The molecule has 0 unspecified atom stereocenters. The fourth-order valence-corrected chi connectivity index (χ4v) is 1.46. The molecule has 0 aliphatic heterocycles. The fourth-order valence-electron chi connectivity index (χ4n) is 1.17. The van der Waals surface area contributed by atoms with Crippen LogP contribution in [0.4, 0.5) is 8.78 Å². The molecular weight excluding hydrogens is 247 g/mol. The van der Waals surface area contributed by atoms with Gasteiger partial charge in [-0.15, -0.1) is 12.4 Å². The van der Waals surface area contributed by atoms with Gasteiger partial charge in [0.05, 0.1) is 5.02 Å². The summed E-state index contributed by atoms with van der Waals surface area (Å²) in [4.78, 5) is 0. The van der Waals surface area contributed by atoms with Crippen LogP contribution in [0.3, 0.4) is 0 Å². The van der Waals surface area contributed by atoms with Crippen molar-refractivity contribution in [3.05, 3.63) is 34.4 Å². The molecule has 0 aliphatic carbocycles. The lowest BCUT2D eigenvalue weighted by Gasteiger charge is -2.13. The van der Waals surface area contributed by atoms with E-state index in [1.807, 2.05) is 0 Å². The second kappa shape index (κ2) is 6.23. The first-order valence-electron chi connectivity index (χ1n) is 4.07. The lowest BCUT2D eigenvalue weighted by molar-refractivity contribution is 0.275. The van der Waals surface area contributed by atoms with Crippen LogP contribution in [-0.4, -0.2) is 11.7 Å². The monoisotopic (exact) mass is 257 g/mol. The average Bonchev–Trinajstić information content (AvgIpc) is 2.13. The smallest absolute Gasteiger partial charge is 0.142 e. The minimum Gasteiger partial charge on any atom is -0.396 e. The van der Waals surface area contributed by atoms with Gasteiger partial charge < -0.3 is 10.8 Å². The zero-order chi connectivity index (χ0) is 10.7. The zero-order valence-corrected chi connectivity index (χ0v) is 9.29. The Labute approximate surface area is 97.4 Å². The summed E-state index contributed by atoms with van der Waals surface area (Å²) in [7, 11) is 0. The summed E-state index contributed by atoms with van der Waals surface area (Å²) >= 11 is 5.55. The second-order valence-corrected chi connectivity index (χ2v) is 3.25. The van der Waals surface area contributed by atoms with Crippen molar-refractivity contribution in [3.63, 3.8) is 0 Å².